The van der Waals surface area contributed by atoms with Gasteiger partial charge in [-0.3, -0.25) is 4.79 Å². The molecule has 0 aliphatic rings. The Balaban J connectivity index is 1.60. The van der Waals surface area contributed by atoms with Gasteiger partial charge < -0.3 is 14.0 Å². The van der Waals surface area contributed by atoms with Crippen molar-refractivity contribution in [2.45, 2.75) is 45.4 Å². The van der Waals surface area contributed by atoms with E-state index in [0.717, 1.165) is 10.2 Å². The number of ether oxygens (including phenoxy) is 2. The van der Waals surface area contributed by atoms with Gasteiger partial charge in [-0.15, -0.1) is 0 Å². The topological polar surface area (TPSA) is 74.5 Å². The van der Waals surface area contributed by atoms with E-state index in [-0.39, 0.29) is 18.0 Å². The summed E-state index contributed by atoms with van der Waals surface area (Å²) in [5.41, 5.74) is -0.144. The Labute approximate surface area is 156 Å². The van der Waals surface area contributed by atoms with Crippen LogP contribution in [0.1, 0.15) is 45.3 Å². The van der Waals surface area contributed by atoms with Crippen molar-refractivity contribution < 1.29 is 18.8 Å². The second-order valence-corrected chi connectivity index (χ2v) is 7.56. The highest BCUT2D eigenvalue weighted by molar-refractivity contribution is 9.10. The molecule has 0 spiro atoms. The highest BCUT2D eigenvalue weighted by Gasteiger charge is 2.20. The Bertz CT molecular complexity index is 694. The van der Waals surface area contributed by atoms with Crippen molar-refractivity contribution >= 4 is 21.9 Å². The van der Waals surface area contributed by atoms with E-state index in [0.29, 0.717) is 37.6 Å². The molecule has 0 fully saturated rings. The van der Waals surface area contributed by atoms with E-state index in [1.165, 1.54) is 0 Å². The first-order valence-corrected chi connectivity index (χ1v) is 9.01. The SMILES string of the molecule is CC(C)(C)c1noc(CCCC(=O)OCCOc2cccc(Br)c2)n1. The molecule has 1 heterocycles. The molecule has 0 saturated carbocycles. The molecule has 0 saturated heterocycles. The molecule has 136 valence electrons. The first-order valence-electron chi connectivity index (χ1n) is 8.21. The van der Waals surface area contributed by atoms with Crippen LogP contribution >= 0.6 is 15.9 Å². The van der Waals surface area contributed by atoms with E-state index in [1.807, 2.05) is 45.0 Å². The molecule has 2 aromatic rings. The highest BCUT2D eigenvalue weighted by Crippen LogP contribution is 2.19. The summed E-state index contributed by atoms with van der Waals surface area (Å²) in [7, 11) is 0. The van der Waals surface area contributed by atoms with Crippen molar-refractivity contribution in [2.75, 3.05) is 13.2 Å². The molecular weight excluding hydrogens is 388 g/mol. The van der Waals surface area contributed by atoms with E-state index >= 15 is 0 Å². The molecular formula is C18H23BrN2O4. The first kappa shape index (κ1) is 19.4. The van der Waals surface area contributed by atoms with E-state index in [9.17, 15) is 4.79 Å². The predicted octanol–water partition coefficient (Wildman–Crippen LogP) is 4.07. The molecule has 0 amide bonds. The molecule has 25 heavy (non-hydrogen) atoms. The number of hydrogen-bond acceptors (Lipinski definition) is 6. The third-order valence-corrected chi connectivity index (χ3v) is 3.81. The predicted molar refractivity (Wildman–Crippen MR) is 96.5 cm³/mol. The van der Waals surface area contributed by atoms with E-state index < -0.39 is 0 Å². The second-order valence-electron chi connectivity index (χ2n) is 6.64. The van der Waals surface area contributed by atoms with E-state index in [1.54, 1.807) is 0 Å². The molecule has 0 aliphatic heterocycles. The van der Waals surface area contributed by atoms with E-state index in [2.05, 4.69) is 26.1 Å². The van der Waals surface area contributed by atoms with Crippen molar-refractivity contribution in [1.82, 2.24) is 10.1 Å². The molecule has 0 aliphatic carbocycles. The minimum absolute atomic E-state index is 0.144. The number of carbonyl (C=O) groups excluding carboxylic acids is 1. The van der Waals surface area contributed by atoms with Crippen LogP contribution in [0.2, 0.25) is 0 Å². The maximum atomic E-state index is 11.7. The molecule has 1 aromatic carbocycles. The number of nitrogens with zero attached hydrogens (tertiary/aromatic N) is 2. The van der Waals surface area contributed by atoms with Crippen molar-refractivity contribution in [1.29, 1.82) is 0 Å². The minimum Gasteiger partial charge on any atom is -0.490 e. The molecule has 0 radical (unpaired) electrons. The lowest BCUT2D eigenvalue weighted by Gasteiger charge is -2.10. The van der Waals surface area contributed by atoms with Crippen LogP contribution in [0, 0.1) is 0 Å². The fourth-order valence-electron chi connectivity index (χ4n) is 1.99. The standard InChI is InChI=1S/C18H23BrN2O4/c1-18(2,3)17-20-15(25-21-17)8-5-9-16(22)24-11-10-23-14-7-4-6-13(19)12-14/h4,6-7,12H,5,8-11H2,1-3H3. The van der Waals surface area contributed by atoms with Gasteiger partial charge in [0.2, 0.25) is 5.89 Å². The summed E-state index contributed by atoms with van der Waals surface area (Å²) in [6.07, 6.45) is 1.48. The number of benzene rings is 1. The van der Waals surface area contributed by atoms with Gasteiger partial charge in [0, 0.05) is 22.7 Å². The lowest BCUT2D eigenvalue weighted by molar-refractivity contribution is -0.144. The van der Waals surface area contributed by atoms with Gasteiger partial charge in [0.25, 0.3) is 0 Å². The first-order chi connectivity index (χ1) is 11.8. The molecule has 0 bridgehead atoms. The van der Waals surface area contributed by atoms with Gasteiger partial charge in [0.1, 0.15) is 19.0 Å². The summed E-state index contributed by atoms with van der Waals surface area (Å²) in [6, 6.07) is 7.51. The van der Waals surface area contributed by atoms with E-state index in [4.69, 9.17) is 14.0 Å². The van der Waals surface area contributed by atoms with Crippen molar-refractivity contribution in [2.24, 2.45) is 0 Å². The summed E-state index contributed by atoms with van der Waals surface area (Å²) in [5, 5.41) is 3.96. The number of hydrogen-bond donors (Lipinski definition) is 0. The maximum Gasteiger partial charge on any atom is 0.305 e. The van der Waals surface area contributed by atoms with Crippen LogP contribution in [-0.2, 0) is 21.4 Å². The van der Waals surface area contributed by atoms with Crippen molar-refractivity contribution in [3.63, 3.8) is 0 Å². The van der Waals surface area contributed by atoms with Gasteiger partial charge in [-0.05, 0) is 24.6 Å². The van der Waals surface area contributed by atoms with Gasteiger partial charge in [-0.25, -0.2) is 0 Å². The van der Waals surface area contributed by atoms with Crippen molar-refractivity contribution in [3.05, 3.63) is 40.5 Å². The fourth-order valence-corrected chi connectivity index (χ4v) is 2.37. The summed E-state index contributed by atoms with van der Waals surface area (Å²) in [4.78, 5) is 16.1. The Kier molecular flexibility index (Phi) is 6.99. The monoisotopic (exact) mass is 410 g/mol. The summed E-state index contributed by atoms with van der Waals surface area (Å²) in [5.74, 6) is 1.70. The highest BCUT2D eigenvalue weighted by atomic mass is 79.9. The van der Waals surface area contributed by atoms with Crippen LogP contribution in [0.5, 0.6) is 5.75 Å². The average molecular weight is 411 g/mol. The Morgan fingerprint density at radius 1 is 1.28 bits per heavy atom. The van der Waals surface area contributed by atoms with Gasteiger partial charge in [-0.1, -0.05) is 47.9 Å². The van der Waals surface area contributed by atoms with Gasteiger partial charge >= 0.3 is 5.97 Å². The number of rotatable bonds is 8. The van der Waals surface area contributed by atoms with Crippen LogP contribution in [0.4, 0.5) is 0 Å². The van der Waals surface area contributed by atoms with Crippen LogP contribution < -0.4 is 4.74 Å². The van der Waals surface area contributed by atoms with Crippen molar-refractivity contribution in [3.8, 4) is 5.75 Å². The minimum atomic E-state index is -0.256. The van der Waals surface area contributed by atoms with Crippen LogP contribution in [0.15, 0.2) is 33.3 Å². The lowest BCUT2D eigenvalue weighted by atomic mass is 9.96. The second kappa shape index (κ2) is 8.99. The zero-order valence-electron chi connectivity index (χ0n) is 14.8. The number of halogens is 1. The molecule has 0 atom stereocenters. The smallest absolute Gasteiger partial charge is 0.305 e. The molecule has 7 heteroatoms. The Morgan fingerprint density at radius 3 is 2.76 bits per heavy atom. The normalized spacial score (nSPS) is 11.4. The van der Waals surface area contributed by atoms with Gasteiger partial charge in [0.05, 0.1) is 0 Å². The summed E-state index contributed by atoms with van der Waals surface area (Å²) < 4.78 is 16.8. The summed E-state index contributed by atoms with van der Waals surface area (Å²) >= 11 is 3.37. The van der Waals surface area contributed by atoms with Crippen LogP contribution in [0.3, 0.4) is 0 Å². The molecule has 6 nitrogen and oxygen atoms in total. The van der Waals surface area contributed by atoms with Gasteiger partial charge in [0.15, 0.2) is 5.82 Å². The Morgan fingerprint density at radius 2 is 2.08 bits per heavy atom. The average Bonchev–Trinajstić information content (AvgIpc) is 3.01. The maximum absolute atomic E-state index is 11.7. The van der Waals surface area contributed by atoms with Crippen LogP contribution in [-0.4, -0.2) is 29.3 Å². The third-order valence-electron chi connectivity index (χ3n) is 3.32. The fraction of sp³-hybridized carbons (Fsp3) is 0.500. The summed E-state index contributed by atoms with van der Waals surface area (Å²) in [6.45, 7) is 6.61. The molecule has 0 unspecified atom stereocenters. The molecule has 2 rings (SSSR count). The molecule has 1 aromatic heterocycles. The quantitative estimate of drug-likeness (QED) is 0.482. The Hall–Kier alpha value is -1.89. The number of carbonyl (C=O) groups is 1. The van der Waals surface area contributed by atoms with Gasteiger partial charge in [-0.2, -0.15) is 4.98 Å². The lowest BCUT2D eigenvalue weighted by Crippen LogP contribution is -2.13. The third kappa shape index (κ3) is 6.86. The zero-order valence-corrected chi connectivity index (χ0v) is 16.3. The van der Waals surface area contributed by atoms with Crippen LogP contribution in [0.25, 0.3) is 0 Å². The zero-order chi connectivity index (χ0) is 18.3. The number of esters is 1. The largest absolute Gasteiger partial charge is 0.490 e. The molecule has 0 N–H and O–H groups in total. The number of aryl methyl sites for hydroxylation is 1. The number of aromatic nitrogens is 2.